The maximum absolute atomic E-state index is 12.2. The summed E-state index contributed by atoms with van der Waals surface area (Å²) in [6, 6.07) is 4.07. The number of carbonyl (C=O) groups excluding carboxylic acids is 1. The molecule has 1 saturated carbocycles. The highest BCUT2D eigenvalue weighted by molar-refractivity contribution is 7.10. The van der Waals surface area contributed by atoms with Crippen LogP contribution in [-0.4, -0.2) is 12.3 Å². The maximum Gasteiger partial charge on any atom is 0.158 e. The lowest BCUT2D eigenvalue weighted by molar-refractivity contribution is -0.127. The van der Waals surface area contributed by atoms with E-state index >= 15 is 0 Å². The van der Waals surface area contributed by atoms with Gasteiger partial charge in [0.25, 0.3) is 0 Å². The Kier molecular flexibility index (Phi) is 3.56. The summed E-state index contributed by atoms with van der Waals surface area (Å²) in [5.74, 6) is 0.336. The van der Waals surface area contributed by atoms with E-state index in [-0.39, 0.29) is 0 Å². The molecule has 16 heavy (non-hydrogen) atoms. The second-order valence-corrected chi connectivity index (χ2v) is 5.13. The summed E-state index contributed by atoms with van der Waals surface area (Å²) in [6.45, 7) is 4.40. The van der Waals surface area contributed by atoms with Crippen LogP contribution in [0.4, 0.5) is 0 Å². The fraction of sp³-hybridized carbons (Fsp3) is 0.462. The van der Waals surface area contributed by atoms with E-state index in [2.05, 4.69) is 18.0 Å². The third-order valence-corrected chi connectivity index (χ3v) is 4.20. The van der Waals surface area contributed by atoms with Crippen molar-refractivity contribution in [3.05, 3.63) is 35.0 Å². The van der Waals surface area contributed by atoms with Gasteiger partial charge in [0.2, 0.25) is 0 Å². The van der Waals surface area contributed by atoms with E-state index in [1.165, 1.54) is 0 Å². The number of Topliss-reactive ketones (excluding diaryl/α,β-unsaturated/α-hetero) is 1. The molecule has 1 aliphatic carbocycles. The van der Waals surface area contributed by atoms with Gasteiger partial charge < -0.3 is 0 Å². The van der Waals surface area contributed by atoms with Crippen LogP contribution in [0, 0.1) is 0 Å². The number of ketones is 1. The number of nitrogens with one attached hydrogen (secondary N) is 1. The molecule has 1 fully saturated rings. The predicted molar refractivity (Wildman–Crippen MR) is 67.7 cm³/mol. The minimum absolute atomic E-state index is 0.336. The Balaban J connectivity index is 2.31. The van der Waals surface area contributed by atoms with Gasteiger partial charge in [-0.1, -0.05) is 18.6 Å². The van der Waals surface area contributed by atoms with Crippen LogP contribution >= 0.6 is 11.3 Å². The molecule has 0 amide bonds. The van der Waals surface area contributed by atoms with Gasteiger partial charge in [-0.3, -0.25) is 10.1 Å². The van der Waals surface area contributed by atoms with E-state index < -0.39 is 5.54 Å². The molecule has 0 bridgehead atoms. The summed E-state index contributed by atoms with van der Waals surface area (Å²) >= 11 is 1.66. The van der Waals surface area contributed by atoms with Crippen molar-refractivity contribution in [1.82, 2.24) is 5.32 Å². The van der Waals surface area contributed by atoms with Crippen LogP contribution in [0.3, 0.4) is 0 Å². The Morgan fingerprint density at radius 3 is 3.06 bits per heavy atom. The highest BCUT2D eigenvalue weighted by atomic mass is 32.1. The fourth-order valence-electron chi connectivity index (χ4n) is 2.33. The first-order valence-corrected chi connectivity index (χ1v) is 6.61. The van der Waals surface area contributed by atoms with Crippen LogP contribution in [0.5, 0.6) is 0 Å². The molecule has 1 N–H and O–H groups in total. The number of carbonyl (C=O) groups is 1. The normalized spacial score (nSPS) is 25.6. The summed E-state index contributed by atoms with van der Waals surface area (Å²) in [5, 5.41) is 5.42. The molecule has 1 atom stereocenters. The molecule has 0 aliphatic heterocycles. The fourth-order valence-corrected chi connectivity index (χ4v) is 3.28. The van der Waals surface area contributed by atoms with Crippen LogP contribution in [0.25, 0.3) is 0 Å². The van der Waals surface area contributed by atoms with Crippen molar-refractivity contribution >= 4 is 17.1 Å². The van der Waals surface area contributed by atoms with Gasteiger partial charge in [-0.25, -0.2) is 0 Å². The molecule has 2 nitrogen and oxygen atoms in total. The lowest BCUT2D eigenvalue weighted by Crippen LogP contribution is -2.50. The lowest BCUT2D eigenvalue weighted by Gasteiger charge is -2.35. The molecule has 0 spiro atoms. The van der Waals surface area contributed by atoms with Crippen LogP contribution in [0.15, 0.2) is 30.2 Å². The van der Waals surface area contributed by atoms with Crippen molar-refractivity contribution in [2.45, 2.75) is 31.2 Å². The van der Waals surface area contributed by atoms with Gasteiger partial charge >= 0.3 is 0 Å². The van der Waals surface area contributed by atoms with Crippen LogP contribution in [0.2, 0.25) is 0 Å². The summed E-state index contributed by atoms with van der Waals surface area (Å²) in [7, 11) is 0. The Morgan fingerprint density at radius 1 is 1.56 bits per heavy atom. The first kappa shape index (κ1) is 11.6. The van der Waals surface area contributed by atoms with Gasteiger partial charge in [0.05, 0.1) is 0 Å². The molecule has 2 rings (SSSR count). The summed E-state index contributed by atoms with van der Waals surface area (Å²) in [5.41, 5.74) is -0.430. The Labute approximate surface area is 100 Å². The van der Waals surface area contributed by atoms with Crippen molar-refractivity contribution in [3.8, 4) is 0 Å². The van der Waals surface area contributed by atoms with Gasteiger partial charge in [-0.2, -0.15) is 0 Å². The smallest absolute Gasteiger partial charge is 0.158 e. The van der Waals surface area contributed by atoms with E-state index in [0.29, 0.717) is 18.7 Å². The summed E-state index contributed by atoms with van der Waals surface area (Å²) < 4.78 is 0. The number of hydrogen-bond acceptors (Lipinski definition) is 3. The monoisotopic (exact) mass is 235 g/mol. The zero-order valence-corrected chi connectivity index (χ0v) is 10.2. The third kappa shape index (κ3) is 1.97. The van der Waals surface area contributed by atoms with Gasteiger partial charge in [0, 0.05) is 17.8 Å². The van der Waals surface area contributed by atoms with Crippen molar-refractivity contribution in [1.29, 1.82) is 0 Å². The second kappa shape index (κ2) is 4.93. The van der Waals surface area contributed by atoms with Crippen molar-refractivity contribution < 1.29 is 4.79 Å². The summed E-state index contributed by atoms with van der Waals surface area (Å²) in [4.78, 5) is 13.4. The van der Waals surface area contributed by atoms with Crippen molar-refractivity contribution in [2.75, 3.05) is 6.54 Å². The number of rotatable bonds is 4. The minimum atomic E-state index is -0.430. The first-order chi connectivity index (χ1) is 7.79. The van der Waals surface area contributed by atoms with E-state index in [9.17, 15) is 4.79 Å². The molecular weight excluding hydrogens is 218 g/mol. The van der Waals surface area contributed by atoms with E-state index in [1.807, 2.05) is 17.5 Å². The molecule has 3 heteroatoms. The average molecular weight is 235 g/mol. The van der Waals surface area contributed by atoms with Crippen LogP contribution < -0.4 is 5.32 Å². The highest BCUT2D eigenvalue weighted by Crippen LogP contribution is 2.36. The molecule has 0 radical (unpaired) electrons. The van der Waals surface area contributed by atoms with Gasteiger partial charge in [0.1, 0.15) is 5.54 Å². The first-order valence-electron chi connectivity index (χ1n) is 5.73. The zero-order valence-electron chi connectivity index (χ0n) is 9.37. The van der Waals surface area contributed by atoms with Crippen LogP contribution in [0.1, 0.15) is 30.6 Å². The second-order valence-electron chi connectivity index (χ2n) is 4.18. The van der Waals surface area contributed by atoms with Crippen molar-refractivity contribution in [2.24, 2.45) is 0 Å². The molecule has 86 valence electrons. The third-order valence-electron chi connectivity index (χ3n) is 3.17. The van der Waals surface area contributed by atoms with E-state index in [1.54, 1.807) is 11.3 Å². The quantitative estimate of drug-likeness (QED) is 0.813. The molecule has 1 aromatic heterocycles. The highest BCUT2D eigenvalue weighted by Gasteiger charge is 2.41. The molecule has 0 aromatic carbocycles. The van der Waals surface area contributed by atoms with E-state index in [0.717, 1.165) is 24.1 Å². The molecular formula is C13H17NOS. The Morgan fingerprint density at radius 2 is 2.44 bits per heavy atom. The zero-order chi connectivity index (χ0) is 11.4. The van der Waals surface area contributed by atoms with E-state index in [4.69, 9.17) is 0 Å². The Hall–Kier alpha value is -0.930. The average Bonchev–Trinajstić information content (AvgIpc) is 2.82. The maximum atomic E-state index is 12.2. The summed E-state index contributed by atoms with van der Waals surface area (Å²) in [6.07, 6.45) is 5.58. The lowest BCUT2D eigenvalue weighted by atomic mass is 9.79. The van der Waals surface area contributed by atoms with Gasteiger partial charge in [0.15, 0.2) is 5.78 Å². The largest absolute Gasteiger partial charge is 0.297 e. The standard InChI is InChI=1S/C13H17NOS/c1-2-9-14-13(12-7-5-10-16-12)8-4-3-6-11(13)15/h2,5,7,10,14H,1,3-4,6,8-9H2/t13-/m1/s1. The molecule has 0 unspecified atom stereocenters. The predicted octanol–water partition coefficient (Wildman–Crippen LogP) is 2.86. The SMILES string of the molecule is C=CCN[C@]1(c2cccs2)CCCCC1=O. The number of hydrogen-bond donors (Lipinski definition) is 1. The van der Waals surface area contributed by atoms with Crippen molar-refractivity contribution in [3.63, 3.8) is 0 Å². The molecule has 1 aromatic rings. The molecule has 1 aliphatic rings. The number of thiophene rings is 1. The van der Waals surface area contributed by atoms with Gasteiger partial charge in [-0.15, -0.1) is 17.9 Å². The van der Waals surface area contributed by atoms with Gasteiger partial charge in [-0.05, 0) is 24.3 Å². The Bertz CT molecular complexity index is 371. The molecule has 0 saturated heterocycles. The molecule has 1 heterocycles. The topological polar surface area (TPSA) is 29.1 Å². The minimum Gasteiger partial charge on any atom is -0.297 e. The van der Waals surface area contributed by atoms with Crippen LogP contribution in [-0.2, 0) is 10.3 Å².